The minimum absolute atomic E-state index is 0.0880. The Morgan fingerprint density at radius 3 is 1.45 bits per heavy atom. The number of carbonyl (C=O) groups is 2. The monoisotopic (exact) mass is 602 g/mol. The second-order valence-electron chi connectivity index (χ2n) is 12.9. The van der Waals surface area contributed by atoms with Gasteiger partial charge < -0.3 is 9.47 Å². The van der Waals surface area contributed by atoms with E-state index in [1.807, 2.05) is 121 Å². The Labute approximate surface area is 260 Å². The van der Waals surface area contributed by atoms with Crippen LogP contribution in [0, 0.1) is 17.8 Å². The molecule has 4 aromatic rings. The highest BCUT2D eigenvalue weighted by molar-refractivity contribution is 7.97. The summed E-state index contributed by atoms with van der Waals surface area (Å²) >= 11 is 0. The van der Waals surface area contributed by atoms with Crippen molar-refractivity contribution >= 4 is 39.8 Å². The maximum Gasteiger partial charge on any atom is 0.343 e. The summed E-state index contributed by atoms with van der Waals surface area (Å²) in [5.74, 6) is 1.24. The van der Waals surface area contributed by atoms with Crippen LogP contribution in [-0.2, 0) is 25.7 Å². The maximum absolute atomic E-state index is 14.8. The van der Waals surface area contributed by atoms with Crippen LogP contribution in [0.15, 0.2) is 121 Å². The van der Waals surface area contributed by atoms with E-state index in [0.29, 0.717) is 17.8 Å². The number of rotatable bonds is 10. The number of benzene rings is 4. The van der Waals surface area contributed by atoms with Crippen molar-refractivity contribution in [1.82, 2.24) is 0 Å². The second-order valence-corrected chi connectivity index (χ2v) is 16.2. The molecule has 0 radical (unpaired) electrons. The van der Waals surface area contributed by atoms with Crippen LogP contribution in [0.5, 0.6) is 0 Å². The van der Waals surface area contributed by atoms with Crippen molar-refractivity contribution in [2.24, 2.45) is 17.8 Å². The number of carbonyl (C=O) groups excluding carboxylic acids is 2. The number of ketones is 1. The van der Waals surface area contributed by atoms with Crippen LogP contribution in [0.4, 0.5) is 0 Å². The van der Waals surface area contributed by atoms with Gasteiger partial charge in [0.15, 0.2) is 5.78 Å². The second kappa shape index (κ2) is 12.3. The van der Waals surface area contributed by atoms with Gasteiger partial charge in [-0.05, 0) is 84.6 Å². The Bertz CT molecular complexity index is 1530. The molecule has 8 rings (SSSR count). The number of hydrogen-bond acceptors (Lipinski definition) is 4. The van der Waals surface area contributed by atoms with Gasteiger partial charge >= 0.3 is 5.97 Å². The van der Waals surface area contributed by atoms with Crippen LogP contribution in [0.3, 0.4) is 0 Å². The van der Waals surface area contributed by atoms with E-state index < -0.39 is 12.9 Å². The lowest BCUT2D eigenvalue weighted by molar-refractivity contribution is -0.166. The minimum Gasteiger partial charge on any atom is -0.457 e. The van der Waals surface area contributed by atoms with Crippen molar-refractivity contribution in [2.45, 2.75) is 50.7 Å². The zero-order chi connectivity index (χ0) is 30.0. The van der Waals surface area contributed by atoms with E-state index in [9.17, 15) is 9.59 Å². The Hall–Kier alpha value is -3.72. The third kappa shape index (κ3) is 5.51. The Balaban J connectivity index is 1.39. The van der Waals surface area contributed by atoms with Crippen molar-refractivity contribution in [3.05, 3.63) is 127 Å². The molecule has 5 heteroatoms. The molecule has 0 amide bonds. The molecule has 0 unspecified atom stereocenters. The highest BCUT2D eigenvalue weighted by Crippen LogP contribution is 2.57. The van der Waals surface area contributed by atoms with Crippen LogP contribution < -0.4 is 15.9 Å². The third-order valence-electron chi connectivity index (χ3n) is 9.93. The average molecular weight is 603 g/mol. The lowest BCUT2D eigenvalue weighted by Crippen LogP contribution is -2.53. The summed E-state index contributed by atoms with van der Waals surface area (Å²) in [5, 5.41) is 3.01. The first-order chi connectivity index (χ1) is 21.6. The molecular formula is C39H39O4P. The fourth-order valence-electron chi connectivity index (χ4n) is 8.51. The number of esters is 1. The average Bonchev–Trinajstić information content (AvgIpc) is 3.06. The van der Waals surface area contributed by atoms with Crippen molar-refractivity contribution < 1.29 is 19.1 Å². The van der Waals surface area contributed by atoms with Gasteiger partial charge in [0, 0.05) is 0 Å². The molecule has 0 N–H and O–H groups in total. The van der Waals surface area contributed by atoms with Gasteiger partial charge in [0.05, 0.1) is 5.60 Å². The molecule has 0 heterocycles. The summed E-state index contributed by atoms with van der Waals surface area (Å²) in [7, 11) is 0. The smallest absolute Gasteiger partial charge is 0.343 e. The SMILES string of the molecule is O=C(COC12CC3CC(CC(C3)C1)C2)C(C(=O)OCc1ccccc1)=P(c1ccccc1)(c1ccccc1)c1ccccc1. The summed E-state index contributed by atoms with van der Waals surface area (Å²) in [4.78, 5) is 29.4. The predicted octanol–water partition coefficient (Wildman–Crippen LogP) is 6.45. The summed E-state index contributed by atoms with van der Waals surface area (Å²) < 4.78 is 12.8. The highest BCUT2D eigenvalue weighted by Gasteiger charge is 2.52. The first kappa shape index (κ1) is 29.0. The van der Waals surface area contributed by atoms with Crippen LogP contribution in [-0.4, -0.2) is 29.3 Å². The number of Topliss-reactive ketones (excluding diaryl/α,β-unsaturated/α-hetero) is 1. The molecule has 4 aliphatic carbocycles. The predicted molar refractivity (Wildman–Crippen MR) is 178 cm³/mol. The fraction of sp³-hybridized carbons (Fsp3) is 0.308. The van der Waals surface area contributed by atoms with Crippen molar-refractivity contribution in [3.8, 4) is 0 Å². The molecule has 44 heavy (non-hydrogen) atoms. The quantitative estimate of drug-likeness (QED) is 0.119. The van der Waals surface area contributed by atoms with E-state index >= 15 is 0 Å². The molecule has 224 valence electrons. The zero-order valence-corrected chi connectivity index (χ0v) is 25.9. The molecule has 4 bridgehead atoms. The summed E-state index contributed by atoms with van der Waals surface area (Å²) in [5.41, 5.74) is 0.622. The van der Waals surface area contributed by atoms with Gasteiger partial charge in [0.2, 0.25) is 0 Å². The van der Waals surface area contributed by atoms with Gasteiger partial charge in [0.1, 0.15) is 18.5 Å². The molecule has 0 saturated heterocycles. The molecule has 4 nitrogen and oxygen atoms in total. The molecule has 4 aliphatic rings. The molecular weight excluding hydrogens is 563 g/mol. The van der Waals surface area contributed by atoms with Gasteiger partial charge in [-0.3, -0.25) is 4.79 Å². The van der Waals surface area contributed by atoms with E-state index in [1.165, 1.54) is 19.3 Å². The molecule has 0 atom stereocenters. The lowest BCUT2D eigenvalue weighted by atomic mass is 9.54. The first-order valence-corrected chi connectivity index (χ1v) is 17.7. The third-order valence-corrected chi connectivity index (χ3v) is 14.2. The van der Waals surface area contributed by atoms with E-state index in [0.717, 1.165) is 40.7 Å². The Morgan fingerprint density at radius 1 is 0.614 bits per heavy atom. The van der Waals surface area contributed by atoms with E-state index in [-0.39, 0.29) is 29.9 Å². The van der Waals surface area contributed by atoms with Crippen molar-refractivity contribution in [2.75, 3.05) is 6.61 Å². The van der Waals surface area contributed by atoms with Gasteiger partial charge in [-0.1, -0.05) is 121 Å². The van der Waals surface area contributed by atoms with Crippen LogP contribution in [0.1, 0.15) is 44.1 Å². The zero-order valence-electron chi connectivity index (χ0n) is 25.0. The van der Waals surface area contributed by atoms with E-state index in [4.69, 9.17) is 9.47 Å². The molecule has 0 aromatic heterocycles. The molecule has 4 aromatic carbocycles. The summed E-state index contributed by atoms with van der Waals surface area (Å²) in [6.45, 7) is -3.01. The number of hydrogen-bond donors (Lipinski definition) is 0. The minimum atomic E-state index is -2.99. The van der Waals surface area contributed by atoms with Crippen molar-refractivity contribution in [1.29, 1.82) is 0 Å². The molecule has 0 aliphatic heterocycles. The van der Waals surface area contributed by atoms with Crippen LogP contribution in [0.2, 0.25) is 0 Å². The topological polar surface area (TPSA) is 52.6 Å². The molecule has 4 fully saturated rings. The van der Waals surface area contributed by atoms with Crippen LogP contribution >= 0.6 is 6.89 Å². The first-order valence-electron chi connectivity index (χ1n) is 15.9. The fourth-order valence-corrected chi connectivity index (χ4v) is 12.8. The summed E-state index contributed by atoms with van der Waals surface area (Å²) in [6, 6.07) is 39.8. The van der Waals surface area contributed by atoms with Gasteiger partial charge in [0.25, 0.3) is 0 Å². The summed E-state index contributed by atoms with van der Waals surface area (Å²) in [6.07, 6.45) is 6.96. The standard InChI is InChI=1S/C39H39O4P/c40-36(28-43-39-24-30-21-31(25-39)23-32(22-30)26-39)37(38(41)42-27-29-13-5-1-6-14-29)44(33-15-7-2-8-16-33,34-17-9-3-10-18-34)35-19-11-4-12-20-35/h1-20,30-32H,21-28H2. The largest absolute Gasteiger partial charge is 0.457 e. The van der Waals surface area contributed by atoms with Crippen molar-refractivity contribution in [3.63, 3.8) is 0 Å². The number of ether oxygens (including phenoxy) is 2. The Kier molecular flexibility index (Phi) is 8.14. The lowest BCUT2D eigenvalue weighted by Gasteiger charge is -2.56. The van der Waals surface area contributed by atoms with Gasteiger partial charge in [-0.2, -0.15) is 0 Å². The Morgan fingerprint density at radius 2 is 1.02 bits per heavy atom. The van der Waals surface area contributed by atoms with Gasteiger partial charge in [-0.25, -0.2) is 4.79 Å². The van der Waals surface area contributed by atoms with E-state index in [1.54, 1.807) is 0 Å². The maximum atomic E-state index is 14.8. The molecule has 4 saturated carbocycles. The molecule has 0 spiro atoms. The van der Waals surface area contributed by atoms with Gasteiger partial charge in [-0.15, -0.1) is 0 Å². The van der Waals surface area contributed by atoms with E-state index in [2.05, 4.69) is 0 Å². The van der Waals surface area contributed by atoms with Crippen LogP contribution in [0.25, 0.3) is 0 Å². The highest BCUT2D eigenvalue weighted by atomic mass is 31.2. The normalized spacial score (nSPS) is 23.7.